The summed E-state index contributed by atoms with van der Waals surface area (Å²) in [6, 6.07) is 48.5. The summed E-state index contributed by atoms with van der Waals surface area (Å²) in [5.74, 6) is 1.51. The molecule has 4 heterocycles. The fourth-order valence-electron chi connectivity index (χ4n) is 6.88. The molecule has 5 heteroatoms. The Balaban J connectivity index is 1.46. The molecular formula is C40H23N3OS. The highest BCUT2D eigenvalue weighted by atomic mass is 32.1. The molecule has 0 bridgehead atoms. The average molecular weight is 594 g/mol. The second kappa shape index (κ2) is 9.36. The number of rotatable bonds is 3. The Bertz CT molecular complexity index is 2700. The lowest BCUT2D eigenvalue weighted by atomic mass is 10.0. The first-order valence-corrected chi connectivity index (χ1v) is 15.8. The van der Waals surface area contributed by atoms with E-state index in [-0.39, 0.29) is 0 Å². The van der Waals surface area contributed by atoms with Crippen molar-refractivity contribution in [1.82, 2.24) is 14.5 Å². The third-order valence-electron chi connectivity index (χ3n) is 8.80. The largest absolute Gasteiger partial charge is 0.454 e. The summed E-state index contributed by atoms with van der Waals surface area (Å²) < 4.78 is 11.5. The Kier molecular flexibility index (Phi) is 5.12. The summed E-state index contributed by atoms with van der Waals surface area (Å²) >= 11 is 1.81. The monoisotopic (exact) mass is 593 g/mol. The number of furan rings is 1. The van der Waals surface area contributed by atoms with Crippen LogP contribution in [0.2, 0.25) is 0 Å². The number of thiophene rings is 1. The van der Waals surface area contributed by atoms with Crippen LogP contribution in [0.15, 0.2) is 144 Å². The first-order chi connectivity index (χ1) is 22.3. The second-order valence-electron chi connectivity index (χ2n) is 11.3. The maximum Gasteiger partial charge on any atom is 0.162 e. The van der Waals surface area contributed by atoms with Crippen LogP contribution in [-0.2, 0) is 0 Å². The molecule has 10 aromatic rings. The first kappa shape index (κ1) is 24.6. The quantitative estimate of drug-likeness (QED) is 0.205. The molecular weight excluding hydrogens is 571 g/mol. The van der Waals surface area contributed by atoms with Crippen molar-refractivity contribution in [3.8, 4) is 28.5 Å². The van der Waals surface area contributed by atoms with Gasteiger partial charge in [0.2, 0.25) is 0 Å². The van der Waals surface area contributed by atoms with Crippen molar-refractivity contribution in [3.05, 3.63) is 140 Å². The van der Waals surface area contributed by atoms with Gasteiger partial charge in [0.05, 0.1) is 26.8 Å². The van der Waals surface area contributed by atoms with E-state index in [1.165, 1.54) is 30.9 Å². The topological polar surface area (TPSA) is 43.9 Å². The summed E-state index contributed by atoms with van der Waals surface area (Å²) in [5, 5.41) is 7.09. The molecule has 0 aliphatic carbocycles. The van der Waals surface area contributed by atoms with Crippen LogP contribution in [0, 0.1) is 0 Å². The molecule has 4 aromatic heterocycles. The predicted octanol–water partition coefficient (Wildman–Crippen LogP) is 11.2. The number of hydrogen-bond acceptors (Lipinski definition) is 4. The van der Waals surface area contributed by atoms with Crippen LogP contribution in [0.3, 0.4) is 0 Å². The van der Waals surface area contributed by atoms with E-state index in [2.05, 4.69) is 114 Å². The molecule has 0 atom stereocenters. The van der Waals surface area contributed by atoms with Gasteiger partial charge in [-0.15, -0.1) is 11.3 Å². The molecule has 0 aliphatic rings. The van der Waals surface area contributed by atoms with Gasteiger partial charge in [-0.05, 0) is 18.2 Å². The van der Waals surface area contributed by atoms with Crippen molar-refractivity contribution in [2.45, 2.75) is 0 Å². The Morgan fingerprint density at radius 2 is 1.22 bits per heavy atom. The number of benzene rings is 6. The summed E-state index contributed by atoms with van der Waals surface area (Å²) in [4.78, 5) is 10.4. The molecule has 0 aliphatic heterocycles. The van der Waals surface area contributed by atoms with E-state index in [1.807, 2.05) is 30.3 Å². The molecule has 0 amide bonds. The van der Waals surface area contributed by atoms with Gasteiger partial charge in [-0.3, -0.25) is 4.57 Å². The van der Waals surface area contributed by atoms with Crippen LogP contribution in [0.5, 0.6) is 0 Å². The van der Waals surface area contributed by atoms with Crippen molar-refractivity contribution in [2.24, 2.45) is 0 Å². The maximum absolute atomic E-state index is 6.74. The lowest BCUT2D eigenvalue weighted by Gasteiger charge is -2.12. The predicted molar refractivity (Wildman–Crippen MR) is 187 cm³/mol. The molecule has 0 unspecified atom stereocenters. The Morgan fingerprint density at radius 1 is 0.556 bits per heavy atom. The van der Waals surface area contributed by atoms with Crippen LogP contribution in [0.25, 0.3) is 92.4 Å². The third-order valence-corrected chi connectivity index (χ3v) is 9.97. The Hall–Kier alpha value is -5.78. The fourth-order valence-corrected chi connectivity index (χ4v) is 8.08. The normalized spacial score (nSPS) is 12.0. The molecule has 0 N–H and O–H groups in total. The van der Waals surface area contributed by atoms with Crippen molar-refractivity contribution in [3.63, 3.8) is 0 Å². The average Bonchev–Trinajstić information content (AvgIpc) is 3.79. The number of nitrogens with zero attached hydrogens (tertiary/aromatic N) is 3. The summed E-state index contributed by atoms with van der Waals surface area (Å²) in [6.45, 7) is 0. The molecule has 10 rings (SSSR count). The molecule has 0 fully saturated rings. The van der Waals surface area contributed by atoms with Crippen molar-refractivity contribution in [2.75, 3.05) is 0 Å². The van der Waals surface area contributed by atoms with Gasteiger partial charge in [0, 0.05) is 48.8 Å². The van der Waals surface area contributed by atoms with Gasteiger partial charge in [0.15, 0.2) is 11.4 Å². The van der Waals surface area contributed by atoms with E-state index in [0.29, 0.717) is 5.82 Å². The lowest BCUT2D eigenvalue weighted by Crippen LogP contribution is -2.02. The zero-order valence-electron chi connectivity index (χ0n) is 23.9. The van der Waals surface area contributed by atoms with Crippen LogP contribution in [0.1, 0.15) is 0 Å². The number of aromatic nitrogens is 3. The second-order valence-corrected chi connectivity index (χ2v) is 12.4. The third kappa shape index (κ3) is 3.53. The number of para-hydroxylation sites is 2. The molecule has 0 radical (unpaired) electrons. The standard InChI is InChI=1S/C40H23N3OS/c1-3-13-24(14-4-1)29-23-33(42-40(41-29)25-15-5-2-6-16-25)43-30-20-10-7-17-26(30)34-35-28-19-9-12-22-32(28)45-39(35)38-36(37(34)43)27-18-8-11-21-31(27)44-38/h1-23H. The van der Waals surface area contributed by atoms with Gasteiger partial charge in [-0.1, -0.05) is 115 Å². The van der Waals surface area contributed by atoms with E-state index in [1.54, 1.807) is 11.3 Å². The van der Waals surface area contributed by atoms with Gasteiger partial charge in [-0.25, -0.2) is 9.97 Å². The van der Waals surface area contributed by atoms with Gasteiger partial charge in [0.25, 0.3) is 0 Å². The van der Waals surface area contributed by atoms with Crippen molar-refractivity contribution >= 4 is 75.3 Å². The zero-order valence-corrected chi connectivity index (χ0v) is 24.8. The van der Waals surface area contributed by atoms with Crippen LogP contribution < -0.4 is 0 Å². The smallest absolute Gasteiger partial charge is 0.162 e. The minimum atomic E-state index is 0.688. The minimum Gasteiger partial charge on any atom is -0.454 e. The summed E-state index contributed by atoms with van der Waals surface area (Å²) in [7, 11) is 0. The van der Waals surface area contributed by atoms with E-state index in [0.717, 1.165) is 55.6 Å². The fraction of sp³-hybridized carbons (Fsp3) is 0. The number of hydrogen-bond donors (Lipinski definition) is 0. The minimum absolute atomic E-state index is 0.688. The van der Waals surface area contributed by atoms with Crippen LogP contribution >= 0.6 is 11.3 Å². The van der Waals surface area contributed by atoms with Gasteiger partial charge in [-0.2, -0.15) is 0 Å². The van der Waals surface area contributed by atoms with E-state index >= 15 is 0 Å². The number of fused-ring (bicyclic) bond motifs is 12. The highest BCUT2D eigenvalue weighted by Crippen LogP contribution is 2.50. The summed E-state index contributed by atoms with van der Waals surface area (Å²) in [5.41, 5.74) is 6.90. The van der Waals surface area contributed by atoms with Crippen molar-refractivity contribution in [1.29, 1.82) is 0 Å². The van der Waals surface area contributed by atoms with E-state index in [4.69, 9.17) is 14.4 Å². The Morgan fingerprint density at radius 3 is 2.04 bits per heavy atom. The molecule has 0 saturated carbocycles. The SMILES string of the molecule is c1ccc(-c2cc(-n3c4ccccc4c4c5c6ccccc6sc5c5oc6ccccc6c5c43)nc(-c3ccccc3)n2)cc1. The summed E-state index contributed by atoms with van der Waals surface area (Å²) in [6.07, 6.45) is 0. The van der Waals surface area contributed by atoms with E-state index < -0.39 is 0 Å². The van der Waals surface area contributed by atoms with E-state index in [9.17, 15) is 0 Å². The Labute approximate surface area is 261 Å². The zero-order chi connectivity index (χ0) is 29.5. The highest BCUT2D eigenvalue weighted by molar-refractivity contribution is 7.27. The van der Waals surface area contributed by atoms with Crippen molar-refractivity contribution < 1.29 is 4.42 Å². The van der Waals surface area contributed by atoms with Gasteiger partial charge < -0.3 is 4.42 Å². The highest BCUT2D eigenvalue weighted by Gasteiger charge is 2.26. The van der Waals surface area contributed by atoms with Gasteiger partial charge >= 0.3 is 0 Å². The first-order valence-electron chi connectivity index (χ1n) is 15.0. The maximum atomic E-state index is 6.74. The van der Waals surface area contributed by atoms with Crippen LogP contribution in [-0.4, -0.2) is 14.5 Å². The van der Waals surface area contributed by atoms with Gasteiger partial charge in [0.1, 0.15) is 11.4 Å². The molecule has 6 aromatic carbocycles. The molecule has 0 spiro atoms. The molecule has 4 nitrogen and oxygen atoms in total. The molecule has 210 valence electrons. The van der Waals surface area contributed by atoms with Crippen LogP contribution in [0.4, 0.5) is 0 Å². The molecule has 45 heavy (non-hydrogen) atoms. The molecule has 0 saturated heterocycles. The lowest BCUT2D eigenvalue weighted by molar-refractivity contribution is 0.673.